The Morgan fingerprint density at radius 3 is 1.59 bits per heavy atom. The van der Waals surface area contributed by atoms with Crippen molar-refractivity contribution in [2.45, 2.75) is 19.9 Å². The summed E-state index contributed by atoms with van der Waals surface area (Å²) in [4.78, 5) is 2.42. The van der Waals surface area contributed by atoms with Crippen LogP contribution in [0.3, 0.4) is 0 Å². The standard InChI is InChI=1S/C29H19N5/c30-14-22-23(15-31)27-21-11-5-7-13-25(21)34-18-32(16-19-8-2-1-3-9-19)17-33-24-12-6-4-10-20(24)26(22)28(33)29(27)34/h1-13H,16-18H2. The molecule has 0 saturated carbocycles. The first-order valence-electron chi connectivity index (χ1n) is 11.3. The van der Waals surface area contributed by atoms with E-state index in [2.05, 4.69) is 74.7 Å². The van der Waals surface area contributed by atoms with Crippen molar-refractivity contribution in [3.63, 3.8) is 0 Å². The van der Waals surface area contributed by atoms with E-state index in [1.165, 1.54) is 5.56 Å². The number of hydrogen-bond acceptors (Lipinski definition) is 3. The van der Waals surface area contributed by atoms with Gasteiger partial charge in [0.1, 0.15) is 12.1 Å². The molecule has 0 aliphatic carbocycles. The average molecular weight is 438 g/mol. The lowest BCUT2D eigenvalue weighted by atomic mass is 9.97. The SMILES string of the molecule is N#Cc1c(C#N)c2c3ccccc3n3c2c2c1c1ccccc1n2CN(Cc1ccccc1)C3. The molecule has 3 heterocycles. The Morgan fingerprint density at radius 1 is 0.618 bits per heavy atom. The third kappa shape index (κ3) is 2.39. The molecule has 160 valence electrons. The van der Waals surface area contributed by atoms with Crippen molar-refractivity contribution in [3.05, 3.63) is 95.6 Å². The average Bonchev–Trinajstić information content (AvgIpc) is 3.31. The number of benzene rings is 4. The van der Waals surface area contributed by atoms with Gasteiger partial charge in [0.05, 0.1) is 46.5 Å². The highest BCUT2D eigenvalue weighted by molar-refractivity contribution is 6.26. The van der Waals surface area contributed by atoms with Crippen LogP contribution in [-0.4, -0.2) is 14.0 Å². The minimum Gasteiger partial charge on any atom is -0.325 e. The molecule has 0 spiro atoms. The lowest BCUT2D eigenvalue weighted by Gasteiger charge is -2.23. The Bertz CT molecular complexity index is 1740. The molecule has 5 nitrogen and oxygen atoms in total. The lowest BCUT2D eigenvalue weighted by molar-refractivity contribution is 0.176. The molecule has 0 fully saturated rings. The van der Waals surface area contributed by atoms with Crippen molar-refractivity contribution in [3.8, 4) is 12.1 Å². The van der Waals surface area contributed by atoms with Crippen LogP contribution in [0.1, 0.15) is 16.7 Å². The summed E-state index contributed by atoms with van der Waals surface area (Å²) in [7, 11) is 0. The fourth-order valence-electron chi connectivity index (χ4n) is 5.76. The molecule has 0 amide bonds. The molecule has 0 saturated heterocycles. The fourth-order valence-corrected chi connectivity index (χ4v) is 5.76. The van der Waals surface area contributed by atoms with Crippen LogP contribution in [-0.2, 0) is 19.9 Å². The highest BCUT2D eigenvalue weighted by Gasteiger charge is 2.29. The minimum absolute atomic E-state index is 0.472. The molecule has 4 aromatic carbocycles. The van der Waals surface area contributed by atoms with Crippen LogP contribution < -0.4 is 0 Å². The number of hydrogen-bond donors (Lipinski definition) is 0. The van der Waals surface area contributed by atoms with Gasteiger partial charge in [0.25, 0.3) is 0 Å². The molecule has 5 heteroatoms. The summed E-state index contributed by atoms with van der Waals surface area (Å²) in [6, 6.07) is 31.8. The maximum atomic E-state index is 10.3. The summed E-state index contributed by atoms with van der Waals surface area (Å²) in [5.74, 6) is 0. The van der Waals surface area contributed by atoms with Gasteiger partial charge in [0, 0.05) is 28.1 Å². The number of para-hydroxylation sites is 2. The van der Waals surface area contributed by atoms with Crippen LogP contribution in [0.15, 0.2) is 78.9 Å². The van der Waals surface area contributed by atoms with Crippen molar-refractivity contribution < 1.29 is 0 Å². The van der Waals surface area contributed by atoms with Gasteiger partial charge in [0.15, 0.2) is 0 Å². The van der Waals surface area contributed by atoms with E-state index in [9.17, 15) is 10.5 Å². The summed E-state index contributed by atoms with van der Waals surface area (Å²) < 4.78 is 4.67. The van der Waals surface area contributed by atoms with Crippen LogP contribution in [0.2, 0.25) is 0 Å². The molecular weight excluding hydrogens is 418 g/mol. The van der Waals surface area contributed by atoms with Crippen LogP contribution in [0, 0.1) is 22.7 Å². The molecule has 0 bridgehead atoms. The largest absolute Gasteiger partial charge is 0.325 e. The molecule has 6 aromatic rings. The monoisotopic (exact) mass is 437 g/mol. The van der Waals surface area contributed by atoms with E-state index in [0.717, 1.165) is 50.2 Å². The zero-order valence-electron chi connectivity index (χ0n) is 18.4. The van der Waals surface area contributed by atoms with E-state index in [4.69, 9.17) is 0 Å². The van der Waals surface area contributed by atoms with Crippen LogP contribution in [0.4, 0.5) is 0 Å². The Hall–Kier alpha value is -4.58. The smallest absolute Gasteiger partial charge is 0.101 e. The zero-order valence-corrected chi connectivity index (χ0v) is 18.4. The van der Waals surface area contributed by atoms with Crippen LogP contribution in [0.5, 0.6) is 0 Å². The summed E-state index contributed by atoms with van der Waals surface area (Å²) >= 11 is 0. The van der Waals surface area contributed by atoms with E-state index < -0.39 is 0 Å². The Morgan fingerprint density at radius 2 is 1.09 bits per heavy atom. The van der Waals surface area contributed by atoms with Gasteiger partial charge in [-0.15, -0.1) is 0 Å². The molecule has 0 unspecified atom stereocenters. The molecule has 0 radical (unpaired) electrons. The van der Waals surface area contributed by atoms with E-state index in [1.54, 1.807) is 0 Å². The summed E-state index contributed by atoms with van der Waals surface area (Å²) in [5.41, 5.74) is 6.45. The third-order valence-corrected chi connectivity index (χ3v) is 7.07. The topological polar surface area (TPSA) is 60.7 Å². The summed E-state index contributed by atoms with van der Waals surface area (Å²) in [6.07, 6.45) is 0. The van der Waals surface area contributed by atoms with Gasteiger partial charge in [-0.05, 0) is 17.7 Å². The predicted molar refractivity (Wildman–Crippen MR) is 134 cm³/mol. The van der Waals surface area contributed by atoms with Gasteiger partial charge < -0.3 is 9.13 Å². The van der Waals surface area contributed by atoms with Crippen molar-refractivity contribution in [1.82, 2.24) is 14.0 Å². The second kappa shape index (κ2) is 6.96. The van der Waals surface area contributed by atoms with Crippen molar-refractivity contribution in [2.24, 2.45) is 0 Å². The van der Waals surface area contributed by atoms with Crippen molar-refractivity contribution >= 4 is 43.6 Å². The fraction of sp³-hybridized carbons (Fsp3) is 0.103. The maximum Gasteiger partial charge on any atom is 0.101 e. The number of nitriles is 2. The van der Waals surface area contributed by atoms with Crippen LogP contribution in [0.25, 0.3) is 43.6 Å². The number of rotatable bonds is 2. The molecule has 34 heavy (non-hydrogen) atoms. The number of aromatic nitrogens is 2. The molecule has 1 aliphatic rings. The first kappa shape index (κ1) is 18.9. The lowest BCUT2D eigenvalue weighted by Crippen LogP contribution is -2.26. The third-order valence-electron chi connectivity index (χ3n) is 7.07. The van der Waals surface area contributed by atoms with Gasteiger partial charge in [0.2, 0.25) is 0 Å². The first-order valence-corrected chi connectivity index (χ1v) is 11.3. The highest BCUT2D eigenvalue weighted by Crippen LogP contribution is 2.44. The van der Waals surface area contributed by atoms with E-state index >= 15 is 0 Å². The predicted octanol–water partition coefficient (Wildman–Crippen LogP) is 6.08. The number of nitrogens with zero attached hydrogens (tertiary/aromatic N) is 5. The Labute approximate surface area is 195 Å². The van der Waals surface area contributed by atoms with Gasteiger partial charge in [-0.1, -0.05) is 66.7 Å². The van der Waals surface area contributed by atoms with E-state index in [0.29, 0.717) is 24.5 Å². The Kier molecular flexibility index (Phi) is 3.88. The van der Waals surface area contributed by atoms with Gasteiger partial charge in [-0.25, -0.2) is 0 Å². The minimum atomic E-state index is 0.472. The maximum absolute atomic E-state index is 10.3. The van der Waals surface area contributed by atoms with Gasteiger partial charge in [-0.3, -0.25) is 4.90 Å². The summed E-state index contributed by atoms with van der Waals surface area (Å²) in [5, 5.41) is 24.3. The quantitative estimate of drug-likeness (QED) is 0.330. The number of fused-ring (bicyclic) bond motifs is 6. The molecular formula is C29H19N5. The zero-order chi connectivity index (χ0) is 22.8. The summed E-state index contributed by atoms with van der Waals surface area (Å²) in [6.45, 7) is 2.19. The normalized spacial score (nSPS) is 13.6. The van der Waals surface area contributed by atoms with E-state index in [1.807, 2.05) is 30.3 Å². The second-order valence-electron chi connectivity index (χ2n) is 8.91. The Balaban J connectivity index is 1.69. The molecule has 1 aliphatic heterocycles. The van der Waals surface area contributed by atoms with Crippen molar-refractivity contribution in [2.75, 3.05) is 0 Å². The first-order chi connectivity index (χ1) is 16.8. The van der Waals surface area contributed by atoms with E-state index in [-0.39, 0.29) is 0 Å². The molecule has 0 N–H and O–H groups in total. The van der Waals surface area contributed by atoms with Gasteiger partial charge >= 0.3 is 0 Å². The van der Waals surface area contributed by atoms with Crippen molar-refractivity contribution in [1.29, 1.82) is 10.5 Å². The molecule has 2 aromatic heterocycles. The molecule has 0 atom stereocenters. The van der Waals surface area contributed by atoms with Crippen LogP contribution >= 0.6 is 0 Å². The van der Waals surface area contributed by atoms with Gasteiger partial charge in [-0.2, -0.15) is 10.5 Å². The highest BCUT2D eigenvalue weighted by atomic mass is 15.3. The second-order valence-corrected chi connectivity index (χ2v) is 8.91. The molecule has 7 rings (SSSR count).